The number of benzene rings is 1. The number of methoxy groups -OCH3 is 1. The number of rotatable bonds is 5. The second kappa shape index (κ2) is 8.46. The van der Waals surface area contributed by atoms with Gasteiger partial charge in [-0.25, -0.2) is 0 Å². The third kappa shape index (κ3) is 4.40. The zero-order valence-electron chi connectivity index (χ0n) is 16.3. The summed E-state index contributed by atoms with van der Waals surface area (Å²) in [6, 6.07) is 7.30. The van der Waals surface area contributed by atoms with E-state index in [-0.39, 0.29) is 17.7 Å². The van der Waals surface area contributed by atoms with Gasteiger partial charge in [0.2, 0.25) is 11.0 Å². The van der Waals surface area contributed by atoms with Crippen molar-refractivity contribution in [2.45, 2.75) is 37.7 Å². The lowest BCUT2D eigenvalue weighted by molar-refractivity contribution is -0.122. The van der Waals surface area contributed by atoms with Crippen molar-refractivity contribution in [3.05, 3.63) is 34.8 Å². The normalized spacial score (nSPS) is 23.6. The summed E-state index contributed by atoms with van der Waals surface area (Å²) < 4.78 is 11.3. The third-order valence-corrected chi connectivity index (χ3v) is 6.41. The topological polar surface area (TPSA) is 102 Å². The molecule has 0 atom stereocenters. The van der Waals surface area contributed by atoms with Crippen LogP contribution in [0.2, 0.25) is 0 Å². The molecule has 0 radical (unpaired) electrons. The molecule has 2 aromatic rings. The summed E-state index contributed by atoms with van der Waals surface area (Å²) >= 11 is 1.38. The Hall–Kier alpha value is -2.52. The fourth-order valence-corrected chi connectivity index (χ4v) is 4.56. The lowest BCUT2D eigenvalue weighted by atomic mass is 9.78. The minimum atomic E-state index is -0.463. The maximum atomic E-state index is 12.7. The highest BCUT2D eigenvalue weighted by molar-refractivity contribution is 7.15. The van der Waals surface area contributed by atoms with E-state index >= 15 is 0 Å². The summed E-state index contributed by atoms with van der Waals surface area (Å²) in [5, 5.41) is 15.3. The van der Waals surface area contributed by atoms with E-state index in [0.29, 0.717) is 61.7 Å². The summed E-state index contributed by atoms with van der Waals surface area (Å²) in [5.74, 6) is 0.359. The molecule has 1 aliphatic carbocycles. The Kier molecular flexibility index (Phi) is 5.77. The average molecular weight is 417 g/mol. The number of nitrogens with zero attached hydrogens (tertiary/aromatic N) is 2. The summed E-state index contributed by atoms with van der Waals surface area (Å²) in [6.07, 6.45) is 3.47. The highest BCUT2D eigenvalue weighted by Gasteiger charge is 2.42. The molecule has 4 rings (SSSR count). The highest BCUT2D eigenvalue weighted by atomic mass is 32.1. The molecule has 1 aromatic heterocycles. The fraction of sp³-hybridized carbons (Fsp3) is 0.500. The van der Waals surface area contributed by atoms with Gasteiger partial charge in [-0.1, -0.05) is 23.5 Å². The van der Waals surface area contributed by atoms with E-state index in [0.717, 1.165) is 5.01 Å². The number of carbonyl (C=O) groups excluding carboxylic acids is 2. The largest absolute Gasteiger partial charge is 0.485 e. The molecule has 2 heterocycles. The summed E-state index contributed by atoms with van der Waals surface area (Å²) in [7, 11) is 1.64. The molecule has 0 unspecified atom stereocenters. The number of hydrogen-bond acceptors (Lipinski definition) is 7. The number of anilines is 1. The number of aromatic nitrogens is 2. The lowest BCUT2D eigenvalue weighted by Crippen LogP contribution is -2.48. The molecule has 2 aliphatic rings. The van der Waals surface area contributed by atoms with E-state index in [1.807, 2.05) is 18.2 Å². The van der Waals surface area contributed by atoms with Crippen molar-refractivity contribution in [1.29, 1.82) is 0 Å². The molecule has 2 N–H and O–H groups in total. The van der Waals surface area contributed by atoms with Crippen LogP contribution in [0.4, 0.5) is 5.13 Å². The minimum Gasteiger partial charge on any atom is -0.485 e. The molecule has 29 heavy (non-hydrogen) atoms. The molecular formula is C20H24N4O4S. The minimum absolute atomic E-state index is 0.0349. The van der Waals surface area contributed by atoms with Crippen LogP contribution in [0.15, 0.2) is 24.3 Å². The van der Waals surface area contributed by atoms with Crippen LogP contribution >= 0.6 is 11.3 Å². The van der Waals surface area contributed by atoms with Crippen LogP contribution in [0.1, 0.15) is 41.0 Å². The van der Waals surface area contributed by atoms with Gasteiger partial charge in [-0.2, -0.15) is 0 Å². The van der Waals surface area contributed by atoms with Gasteiger partial charge in [0.1, 0.15) is 16.4 Å². The highest BCUT2D eigenvalue weighted by Crippen LogP contribution is 2.38. The van der Waals surface area contributed by atoms with Crippen molar-refractivity contribution in [2.24, 2.45) is 5.92 Å². The van der Waals surface area contributed by atoms with Crippen molar-refractivity contribution in [1.82, 2.24) is 15.5 Å². The maximum absolute atomic E-state index is 12.7. The first-order valence-corrected chi connectivity index (χ1v) is 10.6. The predicted molar refractivity (Wildman–Crippen MR) is 108 cm³/mol. The van der Waals surface area contributed by atoms with Crippen molar-refractivity contribution in [2.75, 3.05) is 25.6 Å². The SMILES string of the molecule is COCCc1nnc(NC(=O)C2CCC3(CC2)CNC(=O)c2ccccc2O3)s1. The van der Waals surface area contributed by atoms with Gasteiger partial charge in [-0.15, -0.1) is 10.2 Å². The van der Waals surface area contributed by atoms with Crippen LogP contribution in [0.25, 0.3) is 0 Å². The molecule has 1 fully saturated rings. The lowest BCUT2D eigenvalue weighted by Gasteiger charge is -2.38. The Labute approximate surface area is 173 Å². The first-order chi connectivity index (χ1) is 14.1. The van der Waals surface area contributed by atoms with Crippen LogP contribution in [0.5, 0.6) is 5.75 Å². The number of para-hydroxylation sites is 1. The van der Waals surface area contributed by atoms with E-state index in [1.54, 1.807) is 13.2 Å². The first kappa shape index (κ1) is 19.8. The molecule has 1 saturated carbocycles. The summed E-state index contributed by atoms with van der Waals surface area (Å²) in [6.45, 7) is 1.03. The fourth-order valence-electron chi connectivity index (χ4n) is 3.84. The number of fused-ring (bicyclic) bond motifs is 1. The monoisotopic (exact) mass is 416 g/mol. The molecule has 0 saturated heterocycles. The van der Waals surface area contributed by atoms with Gasteiger partial charge in [-0.05, 0) is 37.8 Å². The van der Waals surface area contributed by atoms with Crippen molar-refractivity contribution >= 4 is 28.3 Å². The zero-order valence-corrected chi connectivity index (χ0v) is 17.1. The Morgan fingerprint density at radius 3 is 2.93 bits per heavy atom. The van der Waals surface area contributed by atoms with Gasteiger partial charge < -0.3 is 20.1 Å². The Morgan fingerprint density at radius 2 is 2.14 bits per heavy atom. The van der Waals surface area contributed by atoms with E-state index < -0.39 is 5.60 Å². The quantitative estimate of drug-likeness (QED) is 0.776. The Morgan fingerprint density at radius 1 is 1.34 bits per heavy atom. The van der Waals surface area contributed by atoms with Gasteiger partial charge in [0, 0.05) is 19.4 Å². The first-order valence-electron chi connectivity index (χ1n) is 9.77. The smallest absolute Gasteiger partial charge is 0.255 e. The Balaban J connectivity index is 1.36. The molecule has 154 valence electrons. The van der Waals surface area contributed by atoms with Gasteiger partial charge in [0.25, 0.3) is 5.91 Å². The van der Waals surface area contributed by atoms with Crippen molar-refractivity contribution in [3.63, 3.8) is 0 Å². The standard InChI is InChI=1S/C20H24N4O4S/c1-27-11-8-16-23-24-19(29-16)22-17(25)13-6-9-20(10-7-13)12-21-18(26)14-4-2-3-5-15(14)28-20/h2-5,13H,6-12H2,1H3,(H,21,26)(H,22,24,25). The second-order valence-corrected chi connectivity index (χ2v) is 8.53. The van der Waals surface area contributed by atoms with Crippen molar-refractivity contribution in [3.8, 4) is 5.75 Å². The number of carbonyl (C=O) groups is 2. The summed E-state index contributed by atoms with van der Waals surface area (Å²) in [5.41, 5.74) is 0.0968. The second-order valence-electron chi connectivity index (χ2n) is 7.47. The van der Waals surface area contributed by atoms with Gasteiger partial charge in [0.05, 0.1) is 18.7 Å². The molecule has 8 nitrogen and oxygen atoms in total. The molecular weight excluding hydrogens is 392 g/mol. The average Bonchev–Trinajstić information content (AvgIpc) is 3.13. The maximum Gasteiger partial charge on any atom is 0.255 e. The molecule has 0 bridgehead atoms. The molecule has 1 aromatic carbocycles. The molecule has 9 heteroatoms. The van der Waals surface area contributed by atoms with Crippen LogP contribution in [-0.4, -0.2) is 47.9 Å². The Bertz CT molecular complexity index is 892. The summed E-state index contributed by atoms with van der Waals surface area (Å²) in [4.78, 5) is 25.0. The third-order valence-electron chi connectivity index (χ3n) is 5.51. The molecule has 2 amide bonds. The zero-order chi connectivity index (χ0) is 20.3. The molecule has 1 aliphatic heterocycles. The van der Waals surface area contributed by atoms with Crippen molar-refractivity contribution < 1.29 is 19.1 Å². The number of ether oxygens (including phenoxy) is 2. The number of hydrogen-bond donors (Lipinski definition) is 2. The van der Waals surface area contributed by atoms with Crippen LogP contribution in [-0.2, 0) is 16.0 Å². The van der Waals surface area contributed by atoms with E-state index in [4.69, 9.17) is 9.47 Å². The van der Waals surface area contributed by atoms with E-state index in [2.05, 4.69) is 20.8 Å². The van der Waals surface area contributed by atoms with Crippen LogP contribution < -0.4 is 15.4 Å². The number of nitrogens with one attached hydrogen (secondary N) is 2. The molecule has 1 spiro atoms. The predicted octanol–water partition coefficient (Wildman–Crippen LogP) is 2.42. The van der Waals surface area contributed by atoms with Crippen LogP contribution in [0, 0.1) is 5.92 Å². The van der Waals surface area contributed by atoms with E-state index in [9.17, 15) is 9.59 Å². The van der Waals surface area contributed by atoms with Crippen LogP contribution in [0.3, 0.4) is 0 Å². The van der Waals surface area contributed by atoms with Gasteiger partial charge in [0.15, 0.2) is 0 Å². The number of amides is 2. The van der Waals surface area contributed by atoms with E-state index in [1.165, 1.54) is 11.3 Å². The van der Waals surface area contributed by atoms with Gasteiger partial charge in [-0.3, -0.25) is 9.59 Å². The van der Waals surface area contributed by atoms with Gasteiger partial charge >= 0.3 is 0 Å².